The molecule has 1 N–H and O–H groups in total. The number of nitrogens with zero attached hydrogens (tertiary/aromatic N) is 3. The average Bonchev–Trinajstić information content (AvgIpc) is 2.75. The largest absolute Gasteiger partial charge is 0.324 e. The van der Waals surface area contributed by atoms with Gasteiger partial charge < -0.3 is 5.32 Å². The molecular weight excluding hydrogens is 352 g/mol. The third-order valence-electron chi connectivity index (χ3n) is 4.20. The molecule has 0 aliphatic heterocycles. The summed E-state index contributed by atoms with van der Waals surface area (Å²) in [5.41, 5.74) is 4.25. The van der Waals surface area contributed by atoms with E-state index in [2.05, 4.69) is 15.3 Å². The van der Waals surface area contributed by atoms with E-state index in [9.17, 15) is 10.1 Å². The lowest BCUT2D eigenvalue weighted by Gasteiger charge is -2.10. The first-order valence-corrected chi connectivity index (χ1v) is 8.70. The van der Waals surface area contributed by atoms with Crippen molar-refractivity contribution < 1.29 is 4.92 Å². The third kappa shape index (κ3) is 3.86. The molecule has 0 unspecified atom stereocenters. The number of non-ortho nitro benzene ring substituents is 1. The van der Waals surface area contributed by atoms with Crippen molar-refractivity contribution in [3.63, 3.8) is 0 Å². The predicted octanol–water partition coefficient (Wildman–Crippen LogP) is 5.46. The van der Waals surface area contributed by atoms with Crippen molar-refractivity contribution in [2.75, 3.05) is 5.32 Å². The molecule has 0 radical (unpaired) electrons. The van der Waals surface area contributed by atoms with Gasteiger partial charge in [0.25, 0.3) is 5.69 Å². The van der Waals surface area contributed by atoms with Gasteiger partial charge in [-0.05, 0) is 18.2 Å². The maximum Gasteiger partial charge on any atom is 0.269 e. The normalized spacial score (nSPS) is 10.4. The lowest BCUT2D eigenvalue weighted by molar-refractivity contribution is -0.384. The van der Waals surface area contributed by atoms with Gasteiger partial charge in [0.2, 0.25) is 5.95 Å². The van der Waals surface area contributed by atoms with Crippen LogP contribution in [0.2, 0.25) is 0 Å². The molecule has 28 heavy (non-hydrogen) atoms. The van der Waals surface area contributed by atoms with Crippen LogP contribution in [0.5, 0.6) is 0 Å². The van der Waals surface area contributed by atoms with Gasteiger partial charge in [0.1, 0.15) is 0 Å². The second-order valence-corrected chi connectivity index (χ2v) is 6.12. The lowest BCUT2D eigenvalue weighted by Crippen LogP contribution is -2.00. The van der Waals surface area contributed by atoms with Gasteiger partial charge in [-0.2, -0.15) is 0 Å². The smallest absolute Gasteiger partial charge is 0.269 e. The predicted molar refractivity (Wildman–Crippen MR) is 109 cm³/mol. The topological polar surface area (TPSA) is 81.0 Å². The van der Waals surface area contributed by atoms with Crippen molar-refractivity contribution >= 4 is 17.3 Å². The van der Waals surface area contributed by atoms with Gasteiger partial charge in [-0.25, -0.2) is 9.97 Å². The van der Waals surface area contributed by atoms with Crippen LogP contribution in [0, 0.1) is 10.1 Å². The standard InChI is InChI=1S/C22H16N4O2/c27-26(28)19-13-11-18(12-14-19)23-22-24-20(16-7-3-1-4-8-16)15-21(25-22)17-9-5-2-6-10-17/h1-15H,(H,23,24,25). The number of aromatic nitrogens is 2. The summed E-state index contributed by atoms with van der Waals surface area (Å²) in [5.74, 6) is 0.425. The summed E-state index contributed by atoms with van der Waals surface area (Å²) >= 11 is 0. The van der Waals surface area contributed by atoms with Crippen LogP contribution in [0.15, 0.2) is 91.0 Å². The van der Waals surface area contributed by atoms with Crippen molar-refractivity contribution in [3.8, 4) is 22.5 Å². The minimum Gasteiger partial charge on any atom is -0.324 e. The fourth-order valence-corrected chi connectivity index (χ4v) is 2.81. The summed E-state index contributed by atoms with van der Waals surface area (Å²) in [6.45, 7) is 0. The van der Waals surface area contributed by atoms with Crippen LogP contribution in [0.25, 0.3) is 22.5 Å². The Balaban J connectivity index is 1.74. The number of hydrogen-bond acceptors (Lipinski definition) is 5. The average molecular weight is 368 g/mol. The highest BCUT2D eigenvalue weighted by Crippen LogP contribution is 2.26. The number of hydrogen-bond donors (Lipinski definition) is 1. The molecule has 0 fully saturated rings. The van der Waals surface area contributed by atoms with E-state index in [1.54, 1.807) is 12.1 Å². The highest BCUT2D eigenvalue weighted by Gasteiger charge is 2.10. The second-order valence-electron chi connectivity index (χ2n) is 6.12. The van der Waals surface area contributed by atoms with Crippen LogP contribution in [0.4, 0.5) is 17.3 Å². The van der Waals surface area contributed by atoms with Crippen molar-refractivity contribution in [2.24, 2.45) is 0 Å². The van der Waals surface area contributed by atoms with Crippen LogP contribution >= 0.6 is 0 Å². The van der Waals surface area contributed by atoms with E-state index in [0.29, 0.717) is 11.6 Å². The fourth-order valence-electron chi connectivity index (χ4n) is 2.81. The Labute approximate surface area is 161 Å². The molecular formula is C22H16N4O2. The Morgan fingerprint density at radius 1 is 0.714 bits per heavy atom. The molecule has 4 aromatic rings. The minimum absolute atomic E-state index is 0.0366. The summed E-state index contributed by atoms with van der Waals surface area (Å²) < 4.78 is 0. The van der Waals surface area contributed by atoms with Crippen molar-refractivity contribution in [1.29, 1.82) is 0 Å². The lowest BCUT2D eigenvalue weighted by atomic mass is 10.1. The highest BCUT2D eigenvalue weighted by molar-refractivity contribution is 5.70. The maximum absolute atomic E-state index is 10.8. The summed E-state index contributed by atoms with van der Waals surface area (Å²) in [6.07, 6.45) is 0. The van der Waals surface area contributed by atoms with Crippen molar-refractivity contribution in [1.82, 2.24) is 9.97 Å². The molecule has 6 heteroatoms. The number of rotatable bonds is 5. The van der Waals surface area contributed by atoms with Gasteiger partial charge in [0.05, 0.1) is 16.3 Å². The van der Waals surface area contributed by atoms with Crippen molar-refractivity contribution in [3.05, 3.63) is 101 Å². The molecule has 3 aromatic carbocycles. The first-order valence-electron chi connectivity index (χ1n) is 8.70. The Morgan fingerprint density at radius 2 is 1.21 bits per heavy atom. The van der Waals surface area contributed by atoms with Crippen LogP contribution in [-0.4, -0.2) is 14.9 Å². The molecule has 4 rings (SSSR count). The number of nitro benzene ring substituents is 1. The number of anilines is 2. The molecule has 0 aliphatic carbocycles. The van der Waals surface area contributed by atoms with E-state index in [1.165, 1.54) is 12.1 Å². The summed E-state index contributed by atoms with van der Waals surface area (Å²) in [7, 11) is 0. The van der Waals surface area contributed by atoms with Gasteiger partial charge in [-0.1, -0.05) is 60.7 Å². The summed E-state index contributed by atoms with van der Waals surface area (Å²) in [4.78, 5) is 19.7. The molecule has 0 amide bonds. The Kier molecular flexibility index (Phi) is 4.76. The van der Waals surface area contributed by atoms with Gasteiger partial charge in [-0.3, -0.25) is 10.1 Å². The quantitative estimate of drug-likeness (QED) is 0.373. The third-order valence-corrected chi connectivity index (χ3v) is 4.20. The van der Waals surface area contributed by atoms with Crippen LogP contribution in [0.1, 0.15) is 0 Å². The molecule has 0 saturated heterocycles. The van der Waals surface area contributed by atoms with E-state index in [4.69, 9.17) is 0 Å². The molecule has 1 aromatic heterocycles. The summed E-state index contributed by atoms with van der Waals surface area (Å²) in [6, 6.07) is 27.8. The molecule has 0 aliphatic rings. The second kappa shape index (κ2) is 7.67. The molecule has 1 heterocycles. The monoisotopic (exact) mass is 368 g/mol. The van der Waals surface area contributed by atoms with Crippen LogP contribution in [0.3, 0.4) is 0 Å². The van der Waals surface area contributed by atoms with Gasteiger partial charge in [-0.15, -0.1) is 0 Å². The van der Waals surface area contributed by atoms with Gasteiger partial charge >= 0.3 is 0 Å². The number of nitro groups is 1. The number of nitrogens with one attached hydrogen (secondary N) is 1. The Bertz CT molecular complexity index is 1040. The van der Waals surface area contributed by atoms with E-state index in [0.717, 1.165) is 22.5 Å². The minimum atomic E-state index is -0.427. The highest BCUT2D eigenvalue weighted by atomic mass is 16.6. The molecule has 0 spiro atoms. The zero-order chi connectivity index (χ0) is 19.3. The number of benzene rings is 3. The first kappa shape index (κ1) is 17.4. The van der Waals surface area contributed by atoms with Crippen LogP contribution in [-0.2, 0) is 0 Å². The van der Waals surface area contributed by atoms with E-state index >= 15 is 0 Å². The molecule has 0 saturated carbocycles. The van der Waals surface area contributed by atoms with Gasteiger partial charge in [0.15, 0.2) is 0 Å². The molecule has 0 bridgehead atoms. The van der Waals surface area contributed by atoms with E-state index in [1.807, 2.05) is 66.7 Å². The Morgan fingerprint density at radius 3 is 1.68 bits per heavy atom. The van der Waals surface area contributed by atoms with E-state index < -0.39 is 4.92 Å². The zero-order valence-corrected chi connectivity index (χ0v) is 14.8. The van der Waals surface area contributed by atoms with Crippen molar-refractivity contribution in [2.45, 2.75) is 0 Å². The Hall–Kier alpha value is -4.06. The van der Waals surface area contributed by atoms with E-state index in [-0.39, 0.29) is 5.69 Å². The molecule has 136 valence electrons. The van der Waals surface area contributed by atoms with Gasteiger partial charge in [0, 0.05) is 28.9 Å². The van der Waals surface area contributed by atoms with Crippen LogP contribution < -0.4 is 5.32 Å². The molecule has 0 atom stereocenters. The fraction of sp³-hybridized carbons (Fsp3) is 0. The molecule has 6 nitrogen and oxygen atoms in total. The SMILES string of the molecule is O=[N+]([O-])c1ccc(Nc2nc(-c3ccccc3)cc(-c3ccccc3)n2)cc1. The maximum atomic E-state index is 10.8. The zero-order valence-electron chi connectivity index (χ0n) is 14.8. The summed E-state index contributed by atoms with van der Waals surface area (Å²) in [5, 5.41) is 14.0. The first-order chi connectivity index (χ1) is 13.7.